The van der Waals surface area contributed by atoms with Crippen LogP contribution in [0.2, 0.25) is 0 Å². The van der Waals surface area contributed by atoms with Crippen molar-refractivity contribution >= 4 is 29.3 Å². The van der Waals surface area contributed by atoms with Gasteiger partial charge in [0.25, 0.3) is 5.56 Å². The van der Waals surface area contributed by atoms with Crippen LogP contribution in [0.5, 0.6) is 5.75 Å². The summed E-state index contributed by atoms with van der Waals surface area (Å²) in [5.41, 5.74) is -0.511. The van der Waals surface area contributed by atoms with Crippen LogP contribution in [0.3, 0.4) is 0 Å². The average molecular weight is 479 g/mol. The summed E-state index contributed by atoms with van der Waals surface area (Å²) in [6.45, 7) is 2.77. The van der Waals surface area contributed by atoms with Crippen LogP contribution in [0.15, 0.2) is 29.1 Å². The first-order valence-corrected chi connectivity index (χ1v) is 11.0. The molecule has 1 fully saturated rings. The Hall–Kier alpha value is -3.57. The molecule has 0 saturated carbocycles. The molecule has 3 N–H and O–H groups in total. The van der Waals surface area contributed by atoms with E-state index in [9.17, 15) is 27.6 Å². The van der Waals surface area contributed by atoms with Gasteiger partial charge in [-0.3, -0.25) is 19.4 Å². The zero-order chi connectivity index (χ0) is 24.5. The highest BCUT2D eigenvalue weighted by molar-refractivity contribution is 6.04. The highest BCUT2D eigenvalue weighted by atomic mass is 19.4. The molecule has 12 heteroatoms. The van der Waals surface area contributed by atoms with E-state index < -0.39 is 35.4 Å². The average Bonchev–Trinajstić information content (AvgIpc) is 2.77. The number of aromatic amines is 1. The van der Waals surface area contributed by atoms with Gasteiger partial charge in [-0.05, 0) is 37.8 Å². The van der Waals surface area contributed by atoms with Crippen molar-refractivity contribution in [1.82, 2.24) is 9.97 Å². The van der Waals surface area contributed by atoms with E-state index in [1.54, 1.807) is 0 Å². The van der Waals surface area contributed by atoms with Gasteiger partial charge < -0.3 is 20.3 Å². The molecule has 9 nitrogen and oxygen atoms in total. The minimum absolute atomic E-state index is 0.00797. The number of H-pyrrole nitrogens is 1. The Bertz CT molecular complexity index is 1150. The fraction of sp³-hybridized carbons (Fsp3) is 0.455. The molecule has 2 aliphatic heterocycles. The maximum Gasteiger partial charge on any atom is 0.573 e. The molecule has 2 amide bonds. The maximum atomic E-state index is 13.0. The zero-order valence-electron chi connectivity index (χ0n) is 18.4. The Morgan fingerprint density at radius 2 is 2.09 bits per heavy atom. The summed E-state index contributed by atoms with van der Waals surface area (Å²) in [6.07, 6.45) is -1.32. The number of anilines is 3. The normalized spacial score (nSPS) is 20.4. The third-order valence-electron chi connectivity index (χ3n) is 5.96. The van der Waals surface area contributed by atoms with Crippen molar-refractivity contribution in [1.29, 1.82) is 0 Å². The zero-order valence-corrected chi connectivity index (χ0v) is 18.4. The number of carbonyl (C=O) groups is 2. The van der Waals surface area contributed by atoms with Crippen LogP contribution in [-0.4, -0.2) is 40.7 Å². The van der Waals surface area contributed by atoms with Crippen molar-refractivity contribution in [3.05, 3.63) is 40.2 Å². The predicted octanol–water partition coefficient (Wildman–Crippen LogP) is 3.50. The molecule has 1 aromatic heterocycles. The SMILES string of the molecule is CC[C@@H]1CCCCN1c1nc2c(c(=O)[nH]1)[C@@H](C(=O)Nc1cccc(OC(F)(F)F)c1)CC(=O)N2. The van der Waals surface area contributed by atoms with Crippen LogP contribution in [0.25, 0.3) is 0 Å². The summed E-state index contributed by atoms with van der Waals surface area (Å²) < 4.78 is 41.3. The van der Waals surface area contributed by atoms with E-state index in [0.717, 1.165) is 37.8 Å². The lowest BCUT2D eigenvalue weighted by molar-refractivity contribution is -0.274. The number of amides is 2. The Labute approximate surface area is 192 Å². The van der Waals surface area contributed by atoms with Gasteiger partial charge in [0.1, 0.15) is 11.6 Å². The third kappa shape index (κ3) is 5.15. The summed E-state index contributed by atoms with van der Waals surface area (Å²) in [7, 11) is 0. The lowest BCUT2D eigenvalue weighted by Gasteiger charge is -2.36. The molecule has 0 bridgehead atoms. The van der Waals surface area contributed by atoms with Gasteiger partial charge >= 0.3 is 6.36 Å². The number of piperidine rings is 1. The minimum Gasteiger partial charge on any atom is -0.406 e. The molecule has 1 saturated heterocycles. The molecule has 2 atom stereocenters. The van der Waals surface area contributed by atoms with Crippen molar-refractivity contribution in [3.63, 3.8) is 0 Å². The second-order valence-corrected chi connectivity index (χ2v) is 8.27. The fourth-order valence-corrected chi connectivity index (χ4v) is 4.42. The molecule has 2 aromatic rings. The molecule has 0 radical (unpaired) electrons. The number of benzene rings is 1. The van der Waals surface area contributed by atoms with Crippen LogP contribution in [-0.2, 0) is 9.59 Å². The monoisotopic (exact) mass is 479 g/mol. The molecule has 0 spiro atoms. The molecule has 1 aromatic carbocycles. The molecular formula is C22H24F3N5O4. The Morgan fingerprint density at radius 1 is 1.29 bits per heavy atom. The standard InChI is InChI=1S/C22H24F3N5O4/c1-2-13-7-3-4-9-30(13)21-28-18-17(20(33)29-21)15(11-16(31)27-18)19(32)26-12-6-5-8-14(10-12)34-22(23,24)25/h5-6,8,10,13,15H,2-4,7,9,11H2,1H3,(H,26,32)(H2,27,28,29,31,33)/t13-,15+/m1/s1. The highest BCUT2D eigenvalue weighted by Gasteiger charge is 2.36. The number of ether oxygens (including phenoxy) is 1. The number of nitrogens with one attached hydrogen (secondary N) is 3. The topological polar surface area (TPSA) is 116 Å². The van der Waals surface area contributed by atoms with E-state index in [2.05, 4.69) is 32.3 Å². The quantitative estimate of drug-likeness (QED) is 0.605. The lowest BCUT2D eigenvalue weighted by Crippen LogP contribution is -2.43. The Morgan fingerprint density at radius 3 is 2.82 bits per heavy atom. The van der Waals surface area contributed by atoms with Gasteiger partial charge in [-0.25, -0.2) is 0 Å². The summed E-state index contributed by atoms with van der Waals surface area (Å²) in [6, 6.07) is 4.95. The smallest absolute Gasteiger partial charge is 0.406 e. The molecule has 3 heterocycles. The second-order valence-electron chi connectivity index (χ2n) is 8.27. The first-order valence-electron chi connectivity index (χ1n) is 11.0. The van der Waals surface area contributed by atoms with Gasteiger partial charge in [-0.1, -0.05) is 13.0 Å². The highest BCUT2D eigenvalue weighted by Crippen LogP contribution is 2.32. The van der Waals surface area contributed by atoms with Crippen molar-refractivity contribution < 1.29 is 27.5 Å². The molecule has 0 unspecified atom stereocenters. The van der Waals surface area contributed by atoms with Gasteiger partial charge in [0, 0.05) is 30.8 Å². The van der Waals surface area contributed by atoms with Crippen molar-refractivity contribution in [2.45, 2.75) is 57.3 Å². The van der Waals surface area contributed by atoms with Gasteiger partial charge in [0.05, 0.1) is 11.5 Å². The Balaban J connectivity index is 1.60. The number of aromatic nitrogens is 2. The number of fused-ring (bicyclic) bond motifs is 1. The molecule has 4 rings (SSSR count). The van der Waals surface area contributed by atoms with E-state index in [4.69, 9.17) is 0 Å². The van der Waals surface area contributed by atoms with Crippen LogP contribution in [0.1, 0.15) is 50.5 Å². The van der Waals surface area contributed by atoms with Crippen molar-refractivity contribution in [3.8, 4) is 5.75 Å². The molecule has 0 aliphatic carbocycles. The van der Waals surface area contributed by atoms with E-state index >= 15 is 0 Å². The molecular weight excluding hydrogens is 455 g/mol. The number of halogens is 3. The van der Waals surface area contributed by atoms with E-state index in [1.807, 2.05) is 4.90 Å². The van der Waals surface area contributed by atoms with Crippen LogP contribution >= 0.6 is 0 Å². The number of hydrogen-bond donors (Lipinski definition) is 3. The third-order valence-corrected chi connectivity index (χ3v) is 5.96. The summed E-state index contributed by atoms with van der Waals surface area (Å²) in [5, 5.41) is 5.04. The van der Waals surface area contributed by atoms with Gasteiger partial charge in [0.2, 0.25) is 17.8 Å². The molecule has 182 valence electrons. The lowest BCUT2D eigenvalue weighted by atomic mass is 9.92. The number of carbonyl (C=O) groups excluding carboxylic acids is 2. The van der Waals surface area contributed by atoms with Crippen molar-refractivity contribution in [2.24, 2.45) is 0 Å². The van der Waals surface area contributed by atoms with Gasteiger partial charge in [-0.15, -0.1) is 13.2 Å². The summed E-state index contributed by atoms with van der Waals surface area (Å²) in [4.78, 5) is 47.5. The molecule has 34 heavy (non-hydrogen) atoms. The summed E-state index contributed by atoms with van der Waals surface area (Å²) >= 11 is 0. The minimum atomic E-state index is -4.88. The maximum absolute atomic E-state index is 13.0. The Kier molecular flexibility index (Phi) is 6.49. The van der Waals surface area contributed by atoms with Crippen LogP contribution in [0.4, 0.5) is 30.6 Å². The number of rotatable bonds is 5. The first kappa shape index (κ1) is 23.6. The van der Waals surface area contributed by atoms with Crippen molar-refractivity contribution in [2.75, 3.05) is 22.1 Å². The van der Waals surface area contributed by atoms with E-state index in [0.29, 0.717) is 12.5 Å². The van der Waals surface area contributed by atoms with Gasteiger partial charge in [-0.2, -0.15) is 4.98 Å². The predicted molar refractivity (Wildman–Crippen MR) is 118 cm³/mol. The molecule has 2 aliphatic rings. The number of hydrogen-bond acceptors (Lipinski definition) is 6. The fourth-order valence-electron chi connectivity index (χ4n) is 4.42. The number of alkyl halides is 3. The number of nitrogens with zero attached hydrogens (tertiary/aromatic N) is 2. The van der Waals surface area contributed by atoms with E-state index in [1.165, 1.54) is 12.1 Å². The largest absolute Gasteiger partial charge is 0.573 e. The van der Waals surface area contributed by atoms with Crippen LogP contribution in [0, 0.1) is 0 Å². The summed E-state index contributed by atoms with van der Waals surface area (Å²) in [5.74, 6) is -2.52. The second kappa shape index (κ2) is 9.35. The van der Waals surface area contributed by atoms with E-state index in [-0.39, 0.29) is 29.5 Å². The van der Waals surface area contributed by atoms with Crippen LogP contribution < -0.4 is 25.8 Å². The first-order chi connectivity index (χ1) is 16.1. The van der Waals surface area contributed by atoms with Gasteiger partial charge in [0.15, 0.2) is 0 Å².